The van der Waals surface area contributed by atoms with E-state index >= 15 is 0 Å². The zero-order chi connectivity index (χ0) is 12.4. The Kier molecular flexibility index (Phi) is 3.45. The van der Waals surface area contributed by atoms with Gasteiger partial charge in [0.15, 0.2) is 0 Å². The predicted molar refractivity (Wildman–Crippen MR) is 68.6 cm³/mol. The molecule has 0 unspecified atom stereocenters. The van der Waals surface area contributed by atoms with Crippen LogP contribution in [0.2, 0.25) is 5.15 Å². The van der Waals surface area contributed by atoms with E-state index in [4.69, 9.17) is 16.3 Å². The van der Waals surface area contributed by atoms with Gasteiger partial charge in [-0.05, 0) is 30.0 Å². The van der Waals surface area contributed by atoms with E-state index in [2.05, 4.69) is 4.98 Å². The lowest BCUT2D eigenvalue weighted by Gasteiger charge is -2.07. The number of esters is 1. The third-order valence-electron chi connectivity index (χ3n) is 2.31. The van der Waals surface area contributed by atoms with Crippen molar-refractivity contribution in [3.05, 3.63) is 39.9 Å². The van der Waals surface area contributed by atoms with Crippen molar-refractivity contribution < 1.29 is 9.53 Å². The van der Waals surface area contributed by atoms with Crippen LogP contribution in [0.4, 0.5) is 0 Å². The number of aromatic nitrogens is 1. The summed E-state index contributed by atoms with van der Waals surface area (Å²) < 4.78 is 4.75. The van der Waals surface area contributed by atoms with Crippen LogP contribution in [0.3, 0.4) is 0 Å². The van der Waals surface area contributed by atoms with Crippen LogP contribution in [0, 0.1) is 6.92 Å². The zero-order valence-electron chi connectivity index (χ0n) is 9.36. The van der Waals surface area contributed by atoms with Crippen LogP contribution < -0.4 is 0 Å². The highest BCUT2D eigenvalue weighted by atomic mass is 35.5. The maximum Gasteiger partial charge on any atom is 0.340 e. The molecule has 0 aromatic carbocycles. The minimum atomic E-state index is -0.402. The standard InChI is InChI=1S/C12H10ClNO2S/c1-7-6-8(12(15)16-2)10(14-11(7)13)9-4-3-5-17-9/h3-6H,1-2H3. The molecule has 2 aromatic rings. The Morgan fingerprint density at radius 3 is 2.88 bits per heavy atom. The number of thiophene rings is 1. The summed E-state index contributed by atoms with van der Waals surface area (Å²) in [6.45, 7) is 1.81. The molecule has 88 valence electrons. The minimum Gasteiger partial charge on any atom is -0.465 e. The summed E-state index contributed by atoms with van der Waals surface area (Å²) >= 11 is 7.50. The molecule has 0 atom stereocenters. The van der Waals surface area contributed by atoms with Gasteiger partial charge >= 0.3 is 5.97 Å². The average molecular weight is 268 g/mol. The number of carbonyl (C=O) groups excluding carboxylic acids is 1. The summed E-state index contributed by atoms with van der Waals surface area (Å²) in [5.74, 6) is -0.402. The molecule has 0 amide bonds. The van der Waals surface area contributed by atoms with Gasteiger partial charge in [-0.3, -0.25) is 0 Å². The number of carbonyl (C=O) groups is 1. The molecule has 2 aromatic heterocycles. The van der Waals surface area contributed by atoms with Gasteiger partial charge in [0.05, 0.1) is 23.2 Å². The lowest BCUT2D eigenvalue weighted by molar-refractivity contribution is 0.0601. The zero-order valence-corrected chi connectivity index (χ0v) is 10.9. The van der Waals surface area contributed by atoms with E-state index in [0.717, 1.165) is 10.4 Å². The Bertz CT molecular complexity index is 552. The van der Waals surface area contributed by atoms with Gasteiger partial charge in [0, 0.05) is 0 Å². The van der Waals surface area contributed by atoms with Crippen LogP contribution in [0.5, 0.6) is 0 Å². The first-order chi connectivity index (χ1) is 8.13. The normalized spacial score (nSPS) is 10.3. The topological polar surface area (TPSA) is 39.2 Å². The molecule has 2 rings (SSSR count). The number of halogens is 1. The Morgan fingerprint density at radius 2 is 2.29 bits per heavy atom. The SMILES string of the molecule is COC(=O)c1cc(C)c(Cl)nc1-c1cccs1. The molecule has 0 aliphatic heterocycles. The van der Waals surface area contributed by atoms with Gasteiger partial charge in [-0.2, -0.15) is 0 Å². The van der Waals surface area contributed by atoms with Crippen molar-refractivity contribution in [2.45, 2.75) is 6.92 Å². The van der Waals surface area contributed by atoms with Crippen LogP contribution in [0.15, 0.2) is 23.6 Å². The van der Waals surface area contributed by atoms with Gasteiger partial charge in [0.2, 0.25) is 0 Å². The molecule has 0 aliphatic rings. The van der Waals surface area contributed by atoms with E-state index in [0.29, 0.717) is 16.4 Å². The van der Waals surface area contributed by atoms with Crippen LogP contribution in [-0.4, -0.2) is 18.1 Å². The van der Waals surface area contributed by atoms with Crippen molar-refractivity contribution in [1.29, 1.82) is 0 Å². The highest BCUT2D eigenvalue weighted by Crippen LogP contribution is 2.29. The fourth-order valence-electron chi connectivity index (χ4n) is 1.46. The summed E-state index contributed by atoms with van der Waals surface area (Å²) in [5.41, 5.74) is 1.77. The number of ether oxygens (including phenoxy) is 1. The van der Waals surface area contributed by atoms with Crippen molar-refractivity contribution in [3.8, 4) is 10.6 Å². The van der Waals surface area contributed by atoms with Gasteiger partial charge in [0.1, 0.15) is 5.15 Å². The minimum absolute atomic E-state index is 0.402. The molecule has 0 radical (unpaired) electrons. The van der Waals surface area contributed by atoms with E-state index in [1.807, 2.05) is 17.5 Å². The van der Waals surface area contributed by atoms with Gasteiger partial charge in [-0.25, -0.2) is 9.78 Å². The van der Waals surface area contributed by atoms with E-state index < -0.39 is 5.97 Å². The number of hydrogen-bond acceptors (Lipinski definition) is 4. The number of methoxy groups -OCH3 is 1. The number of aryl methyl sites for hydroxylation is 1. The molecule has 0 saturated carbocycles. The molecule has 2 heterocycles. The second kappa shape index (κ2) is 4.85. The monoisotopic (exact) mass is 267 g/mol. The summed E-state index contributed by atoms with van der Waals surface area (Å²) in [5, 5.41) is 2.33. The van der Waals surface area contributed by atoms with E-state index in [9.17, 15) is 4.79 Å². The second-order valence-electron chi connectivity index (χ2n) is 3.46. The van der Waals surface area contributed by atoms with E-state index in [1.165, 1.54) is 18.4 Å². The van der Waals surface area contributed by atoms with Crippen molar-refractivity contribution in [1.82, 2.24) is 4.98 Å². The van der Waals surface area contributed by atoms with Crippen molar-refractivity contribution >= 4 is 28.9 Å². The van der Waals surface area contributed by atoms with Gasteiger partial charge in [-0.1, -0.05) is 17.7 Å². The van der Waals surface area contributed by atoms with Gasteiger partial charge in [0.25, 0.3) is 0 Å². The largest absolute Gasteiger partial charge is 0.465 e. The second-order valence-corrected chi connectivity index (χ2v) is 4.77. The number of nitrogens with zero attached hydrogens (tertiary/aromatic N) is 1. The third-order valence-corrected chi connectivity index (χ3v) is 3.57. The first-order valence-electron chi connectivity index (χ1n) is 4.93. The summed E-state index contributed by atoms with van der Waals surface area (Å²) in [6, 6.07) is 5.50. The van der Waals surface area contributed by atoms with Crippen LogP contribution in [0.25, 0.3) is 10.6 Å². The first-order valence-corrected chi connectivity index (χ1v) is 6.18. The summed E-state index contributed by atoms with van der Waals surface area (Å²) in [6.07, 6.45) is 0. The van der Waals surface area contributed by atoms with E-state index in [-0.39, 0.29) is 0 Å². The number of rotatable bonds is 2. The van der Waals surface area contributed by atoms with Gasteiger partial charge < -0.3 is 4.74 Å². The maximum absolute atomic E-state index is 11.7. The van der Waals surface area contributed by atoms with Crippen LogP contribution in [-0.2, 0) is 4.74 Å². The lowest BCUT2D eigenvalue weighted by atomic mass is 10.1. The molecule has 17 heavy (non-hydrogen) atoms. The van der Waals surface area contributed by atoms with Crippen LogP contribution >= 0.6 is 22.9 Å². The summed E-state index contributed by atoms with van der Waals surface area (Å²) in [4.78, 5) is 16.8. The van der Waals surface area contributed by atoms with E-state index in [1.54, 1.807) is 13.0 Å². The number of pyridine rings is 1. The molecule has 0 N–H and O–H groups in total. The molecule has 0 aliphatic carbocycles. The van der Waals surface area contributed by atoms with Gasteiger partial charge in [-0.15, -0.1) is 11.3 Å². The highest BCUT2D eigenvalue weighted by molar-refractivity contribution is 7.13. The lowest BCUT2D eigenvalue weighted by Crippen LogP contribution is -2.05. The molecule has 5 heteroatoms. The molecule has 0 bridgehead atoms. The smallest absolute Gasteiger partial charge is 0.340 e. The maximum atomic E-state index is 11.7. The first kappa shape index (κ1) is 12.1. The number of hydrogen-bond donors (Lipinski definition) is 0. The molecular weight excluding hydrogens is 258 g/mol. The third kappa shape index (κ3) is 2.33. The Balaban J connectivity index is 2.64. The fraction of sp³-hybridized carbons (Fsp3) is 0.167. The Hall–Kier alpha value is -1.39. The fourth-order valence-corrected chi connectivity index (χ4v) is 2.32. The van der Waals surface area contributed by atoms with Crippen molar-refractivity contribution in [2.24, 2.45) is 0 Å². The molecule has 0 spiro atoms. The van der Waals surface area contributed by atoms with Crippen molar-refractivity contribution in [2.75, 3.05) is 7.11 Å². The summed E-state index contributed by atoms with van der Waals surface area (Å²) in [7, 11) is 1.35. The highest BCUT2D eigenvalue weighted by Gasteiger charge is 2.17. The molecular formula is C12H10ClNO2S. The predicted octanol–water partition coefficient (Wildman–Crippen LogP) is 3.56. The quantitative estimate of drug-likeness (QED) is 0.617. The van der Waals surface area contributed by atoms with Crippen molar-refractivity contribution in [3.63, 3.8) is 0 Å². The van der Waals surface area contributed by atoms with Crippen LogP contribution in [0.1, 0.15) is 15.9 Å². The Morgan fingerprint density at radius 1 is 1.53 bits per heavy atom. The molecule has 3 nitrogen and oxygen atoms in total. The molecule has 0 saturated heterocycles. The molecule has 0 fully saturated rings. The Labute approximate surface area is 108 Å². The average Bonchev–Trinajstić information content (AvgIpc) is 2.84.